The molecular weight excluding hydrogens is 485 g/mol. The van der Waals surface area contributed by atoms with Crippen molar-refractivity contribution in [2.24, 2.45) is 5.92 Å². The lowest BCUT2D eigenvalue weighted by molar-refractivity contribution is -0.144. The number of nitrogens with one attached hydrogen (secondary N) is 1. The second-order valence-corrected chi connectivity index (χ2v) is 10.9. The van der Waals surface area contributed by atoms with E-state index < -0.39 is 0 Å². The molecule has 3 fully saturated rings. The summed E-state index contributed by atoms with van der Waals surface area (Å²) in [6.07, 6.45) is 2.23. The van der Waals surface area contributed by atoms with Gasteiger partial charge in [0, 0.05) is 37.8 Å². The number of carbonyl (C=O) groups excluding carboxylic acids is 2. The number of hydrogen-bond acceptors (Lipinski definition) is 4. The Morgan fingerprint density at radius 2 is 1.80 bits per heavy atom. The first-order valence-corrected chi connectivity index (χ1v) is 13.0. The smallest absolute Gasteiger partial charge is 0.254 e. The van der Waals surface area contributed by atoms with E-state index in [9.17, 15) is 9.59 Å². The Balaban J connectivity index is 1.34. The van der Waals surface area contributed by atoms with E-state index in [2.05, 4.69) is 11.4 Å². The average Bonchev–Trinajstić information content (AvgIpc) is 3.46. The van der Waals surface area contributed by atoms with Crippen LogP contribution in [0.3, 0.4) is 0 Å². The van der Waals surface area contributed by atoms with Gasteiger partial charge in [-0.2, -0.15) is 0 Å². The van der Waals surface area contributed by atoms with Crippen molar-refractivity contribution in [3.8, 4) is 0 Å². The summed E-state index contributed by atoms with van der Waals surface area (Å²) in [4.78, 5) is 30.4. The summed E-state index contributed by atoms with van der Waals surface area (Å²) in [5.41, 5.74) is 3.63. The highest BCUT2D eigenvalue weighted by Gasteiger charge is 2.41. The van der Waals surface area contributed by atoms with Gasteiger partial charge in [0.2, 0.25) is 5.91 Å². The average molecular weight is 516 g/mol. The van der Waals surface area contributed by atoms with Crippen LogP contribution in [-0.2, 0) is 9.53 Å². The number of rotatable bonds is 5. The summed E-state index contributed by atoms with van der Waals surface area (Å²) in [6, 6.07) is 11.5. The summed E-state index contributed by atoms with van der Waals surface area (Å²) < 4.78 is 6.09. The van der Waals surface area contributed by atoms with Crippen molar-refractivity contribution in [1.82, 2.24) is 15.1 Å². The predicted octanol–water partition coefficient (Wildman–Crippen LogP) is 4.40. The standard InChI is InChI=1S/C27H31Cl2N3O3/c1-16-7-17(2)9-19(8-16)27(34)31-5-6-32(24(14-31)18-3-4-22(28)23(29)11-18)26(33)15-35-25-12-21-10-20(25)13-30-21/h3-4,7-9,11,20-21,24-25,30H,5-6,10,12-15H2,1-2H3/t20-,21-,24+,25?/m1/s1. The quantitative estimate of drug-likeness (QED) is 0.640. The van der Waals surface area contributed by atoms with E-state index >= 15 is 0 Å². The number of piperidine rings is 1. The van der Waals surface area contributed by atoms with Crippen LogP contribution in [0, 0.1) is 19.8 Å². The zero-order chi connectivity index (χ0) is 24.7. The molecular formula is C27H31Cl2N3O3. The molecule has 2 aromatic carbocycles. The second-order valence-electron chi connectivity index (χ2n) is 10.1. The Morgan fingerprint density at radius 1 is 1.03 bits per heavy atom. The van der Waals surface area contributed by atoms with Gasteiger partial charge in [-0.05, 0) is 62.4 Å². The highest BCUT2D eigenvalue weighted by atomic mass is 35.5. The lowest BCUT2D eigenvalue weighted by Gasteiger charge is -2.42. The molecule has 186 valence electrons. The van der Waals surface area contributed by atoms with Crippen LogP contribution < -0.4 is 5.32 Å². The molecule has 0 spiro atoms. The largest absolute Gasteiger partial charge is 0.368 e. The topological polar surface area (TPSA) is 61.9 Å². The number of ether oxygens (including phenoxy) is 1. The van der Waals surface area contributed by atoms with Gasteiger partial charge >= 0.3 is 0 Å². The van der Waals surface area contributed by atoms with Gasteiger partial charge in [-0.25, -0.2) is 0 Å². The van der Waals surface area contributed by atoms with Crippen LogP contribution in [-0.4, -0.2) is 66.5 Å². The summed E-state index contributed by atoms with van der Waals surface area (Å²) in [7, 11) is 0. The van der Waals surface area contributed by atoms with Crippen LogP contribution in [0.1, 0.15) is 45.9 Å². The van der Waals surface area contributed by atoms with Crippen molar-refractivity contribution in [2.75, 3.05) is 32.8 Å². The fraction of sp³-hybridized carbons (Fsp3) is 0.481. The van der Waals surface area contributed by atoms with Crippen molar-refractivity contribution in [1.29, 1.82) is 0 Å². The molecule has 35 heavy (non-hydrogen) atoms. The van der Waals surface area contributed by atoms with Crippen LogP contribution in [0.25, 0.3) is 0 Å². The van der Waals surface area contributed by atoms with Gasteiger partial charge in [-0.3, -0.25) is 9.59 Å². The van der Waals surface area contributed by atoms with E-state index in [1.807, 2.05) is 41.8 Å². The number of halogens is 2. The number of hydrogen-bond donors (Lipinski definition) is 1. The lowest BCUT2D eigenvalue weighted by Crippen LogP contribution is -2.53. The Bertz CT molecular complexity index is 1120. The molecule has 2 aliphatic heterocycles. The minimum absolute atomic E-state index is 0.0281. The fourth-order valence-electron chi connectivity index (χ4n) is 5.80. The van der Waals surface area contributed by atoms with Crippen LogP contribution in [0.2, 0.25) is 10.0 Å². The van der Waals surface area contributed by atoms with Crippen molar-refractivity contribution in [2.45, 2.75) is 44.9 Å². The third kappa shape index (κ3) is 5.21. The molecule has 6 nitrogen and oxygen atoms in total. The summed E-state index contributed by atoms with van der Waals surface area (Å²) in [5, 5.41) is 4.36. The molecule has 8 heteroatoms. The van der Waals surface area contributed by atoms with Crippen LogP contribution >= 0.6 is 23.2 Å². The number of aryl methyl sites for hydroxylation is 2. The normalized spacial score (nSPS) is 25.8. The molecule has 2 heterocycles. The monoisotopic (exact) mass is 515 g/mol. The molecule has 2 amide bonds. The maximum atomic E-state index is 13.4. The van der Waals surface area contributed by atoms with E-state index in [1.54, 1.807) is 12.1 Å². The molecule has 2 saturated heterocycles. The van der Waals surface area contributed by atoms with Crippen molar-refractivity contribution in [3.63, 3.8) is 0 Å². The van der Waals surface area contributed by atoms with Crippen LogP contribution in [0.15, 0.2) is 36.4 Å². The molecule has 0 aromatic heterocycles. The van der Waals surface area contributed by atoms with Gasteiger partial charge in [-0.1, -0.05) is 46.5 Å². The maximum absolute atomic E-state index is 13.4. The second kappa shape index (κ2) is 10.1. The van der Waals surface area contributed by atoms with Crippen LogP contribution in [0.4, 0.5) is 0 Å². The Hall–Kier alpha value is -2.12. The van der Waals surface area contributed by atoms with Crippen molar-refractivity contribution < 1.29 is 14.3 Å². The lowest BCUT2D eigenvalue weighted by atomic mass is 10.0. The molecule has 1 N–H and O–H groups in total. The predicted molar refractivity (Wildman–Crippen MR) is 137 cm³/mol. The number of nitrogens with zero attached hydrogens (tertiary/aromatic N) is 2. The first-order valence-electron chi connectivity index (χ1n) is 12.3. The van der Waals surface area contributed by atoms with Crippen molar-refractivity contribution in [3.05, 3.63) is 68.7 Å². The van der Waals surface area contributed by atoms with E-state index in [-0.39, 0.29) is 30.6 Å². The molecule has 2 bridgehead atoms. The number of fused-ring (bicyclic) bond motifs is 2. The fourth-order valence-corrected chi connectivity index (χ4v) is 6.11. The van der Waals surface area contributed by atoms with Gasteiger partial charge in [0.25, 0.3) is 5.91 Å². The Kier molecular flexibility index (Phi) is 7.09. The van der Waals surface area contributed by atoms with Gasteiger partial charge in [0.05, 0.1) is 22.2 Å². The summed E-state index contributed by atoms with van der Waals surface area (Å²) in [6.45, 7) is 6.28. The third-order valence-electron chi connectivity index (χ3n) is 7.50. The molecule has 5 rings (SSSR count). The SMILES string of the molecule is Cc1cc(C)cc(C(=O)N2CCN(C(=O)COC3C[C@H]4C[C@@H]3CN4)[C@H](c3ccc(Cl)c(Cl)c3)C2)c1. The van der Waals surface area contributed by atoms with Gasteiger partial charge < -0.3 is 19.9 Å². The zero-order valence-corrected chi connectivity index (χ0v) is 21.6. The Labute approximate surface area is 216 Å². The molecule has 1 saturated carbocycles. The maximum Gasteiger partial charge on any atom is 0.254 e. The minimum atomic E-state index is -0.328. The van der Waals surface area contributed by atoms with E-state index in [1.165, 1.54) is 0 Å². The molecule has 1 unspecified atom stereocenters. The zero-order valence-electron chi connectivity index (χ0n) is 20.1. The molecule has 3 aliphatic rings. The first-order chi connectivity index (χ1) is 16.8. The van der Waals surface area contributed by atoms with Crippen molar-refractivity contribution >= 4 is 35.0 Å². The number of benzene rings is 2. The summed E-state index contributed by atoms with van der Waals surface area (Å²) >= 11 is 12.5. The van der Waals surface area contributed by atoms with Gasteiger partial charge in [0.15, 0.2) is 0 Å². The Morgan fingerprint density at radius 3 is 2.46 bits per heavy atom. The molecule has 4 atom stereocenters. The van der Waals surface area contributed by atoms with E-state index in [0.717, 1.165) is 36.1 Å². The third-order valence-corrected chi connectivity index (χ3v) is 8.24. The van der Waals surface area contributed by atoms with E-state index in [4.69, 9.17) is 27.9 Å². The number of amides is 2. The highest BCUT2D eigenvalue weighted by Crippen LogP contribution is 2.34. The minimum Gasteiger partial charge on any atom is -0.368 e. The molecule has 1 aliphatic carbocycles. The number of piperazine rings is 1. The van der Waals surface area contributed by atoms with Crippen LogP contribution in [0.5, 0.6) is 0 Å². The summed E-state index contributed by atoms with van der Waals surface area (Å²) in [5.74, 6) is 0.404. The first kappa shape index (κ1) is 24.6. The van der Waals surface area contributed by atoms with Gasteiger partial charge in [-0.15, -0.1) is 0 Å². The number of carbonyl (C=O) groups is 2. The van der Waals surface area contributed by atoms with Gasteiger partial charge in [0.1, 0.15) is 6.61 Å². The molecule has 2 aromatic rings. The van der Waals surface area contributed by atoms with E-state index in [0.29, 0.717) is 47.2 Å². The molecule has 0 radical (unpaired) electrons. The highest BCUT2D eigenvalue weighted by molar-refractivity contribution is 6.42.